The molecule has 0 radical (unpaired) electrons. The highest BCUT2D eigenvalue weighted by Gasteiger charge is 2.32. The number of nitrogens with one attached hydrogen (secondary N) is 1. The van der Waals surface area contributed by atoms with E-state index in [0.717, 1.165) is 41.1 Å². The molecule has 0 aromatic carbocycles. The Morgan fingerprint density at radius 2 is 2.24 bits per heavy atom. The fourth-order valence-electron chi connectivity index (χ4n) is 4.37. The first-order chi connectivity index (χ1) is 16.1. The molecule has 0 aliphatic carbocycles. The lowest BCUT2D eigenvalue weighted by atomic mass is 9.96. The Kier molecular flexibility index (Phi) is 5.80. The SMILES string of the molecule is N#CCC(C1CCN(c2ccnc(CS(=O)O)n2)C1)n1cc(-c2ncnc3[nH]ccc23)cn1. The second-order valence-corrected chi connectivity index (χ2v) is 8.82. The quantitative estimate of drug-likeness (QED) is 0.394. The van der Waals surface area contributed by atoms with Crippen LogP contribution in [-0.4, -0.2) is 56.6 Å². The van der Waals surface area contributed by atoms with Crippen molar-refractivity contribution in [2.24, 2.45) is 5.92 Å². The maximum Gasteiger partial charge on any atom is 0.160 e. The lowest BCUT2D eigenvalue weighted by Crippen LogP contribution is -2.26. The van der Waals surface area contributed by atoms with Crippen LogP contribution in [0.25, 0.3) is 22.3 Å². The van der Waals surface area contributed by atoms with E-state index in [0.29, 0.717) is 18.8 Å². The molecule has 2 N–H and O–H groups in total. The number of nitrogens with zero attached hydrogens (tertiary/aromatic N) is 8. The molecule has 5 heterocycles. The van der Waals surface area contributed by atoms with Crippen molar-refractivity contribution in [1.29, 1.82) is 5.26 Å². The molecule has 3 atom stereocenters. The van der Waals surface area contributed by atoms with Crippen LogP contribution in [0.5, 0.6) is 0 Å². The zero-order valence-electron chi connectivity index (χ0n) is 17.6. The summed E-state index contributed by atoms with van der Waals surface area (Å²) < 4.78 is 22.1. The van der Waals surface area contributed by atoms with E-state index in [1.54, 1.807) is 18.5 Å². The summed E-state index contributed by atoms with van der Waals surface area (Å²) in [7, 11) is 0. The topological polar surface area (TPSA) is 150 Å². The van der Waals surface area contributed by atoms with E-state index >= 15 is 0 Å². The Bertz CT molecular complexity index is 1340. The number of rotatable bonds is 7. The van der Waals surface area contributed by atoms with Gasteiger partial charge in [-0.2, -0.15) is 10.4 Å². The summed E-state index contributed by atoms with van der Waals surface area (Å²) in [5.41, 5.74) is 2.44. The van der Waals surface area contributed by atoms with Crippen LogP contribution in [0.15, 0.2) is 43.2 Å². The Labute approximate surface area is 191 Å². The minimum Gasteiger partial charge on any atom is -0.356 e. The highest BCUT2D eigenvalue weighted by Crippen LogP contribution is 2.33. The molecule has 4 aromatic rings. The Morgan fingerprint density at radius 1 is 1.33 bits per heavy atom. The van der Waals surface area contributed by atoms with Crippen molar-refractivity contribution in [2.45, 2.75) is 24.6 Å². The molecule has 11 nitrogen and oxygen atoms in total. The lowest BCUT2D eigenvalue weighted by molar-refractivity contribution is 0.332. The molecule has 0 saturated carbocycles. The first-order valence-electron chi connectivity index (χ1n) is 10.5. The number of anilines is 1. The van der Waals surface area contributed by atoms with Crippen molar-refractivity contribution in [3.8, 4) is 17.3 Å². The third-order valence-electron chi connectivity index (χ3n) is 5.91. The van der Waals surface area contributed by atoms with Crippen molar-refractivity contribution in [2.75, 3.05) is 18.0 Å². The monoisotopic (exact) mass is 463 g/mol. The van der Waals surface area contributed by atoms with Crippen molar-refractivity contribution in [1.82, 2.24) is 34.7 Å². The molecular formula is C21H21N9O2S. The van der Waals surface area contributed by atoms with Gasteiger partial charge >= 0.3 is 0 Å². The van der Waals surface area contributed by atoms with E-state index < -0.39 is 11.1 Å². The van der Waals surface area contributed by atoms with Gasteiger partial charge in [-0.3, -0.25) is 4.68 Å². The van der Waals surface area contributed by atoms with E-state index in [2.05, 4.69) is 41.0 Å². The van der Waals surface area contributed by atoms with Gasteiger partial charge in [0.1, 0.15) is 29.4 Å². The van der Waals surface area contributed by atoms with Crippen molar-refractivity contribution in [3.63, 3.8) is 0 Å². The summed E-state index contributed by atoms with van der Waals surface area (Å²) in [4.78, 5) is 22.4. The maximum atomic E-state index is 11.1. The second kappa shape index (κ2) is 9.05. The zero-order chi connectivity index (χ0) is 22.8. The van der Waals surface area contributed by atoms with Gasteiger partial charge in [0.2, 0.25) is 0 Å². The molecule has 3 unspecified atom stereocenters. The summed E-state index contributed by atoms with van der Waals surface area (Å²) in [6.07, 6.45) is 9.89. The van der Waals surface area contributed by atoms with E-state index in [9.17, 15) is 9.47 Å². The van der Waals surface area contributed by atoms with Gasteiger partial charge in [-0.15, -0.1) is 0 Å². The molecule has 33 heavy (non-hydrogen) atoms. The van der Waals surface area contributed by atoms with Crippen LogP contribution in [0.4, 0.5) is 5.82 Å². The average molecular weight is 464 g/mol. The fraction of sp³-hybridized carbons (Fsp3) is 0.333. The summed E-state index contributed by atoms with van der Waals surface area (Å²) in [5.74, 6) is 1.15. The van der Waals surface area contributed by atoms with Crippen LogP contribution < -0.4 is 4.90 Å². The molecule has 12 heteroatoms. The molecule has 5 rings (SSSR count). The second-order valence-electron chi connectivity index (χ2n) is 7.89. The Balaban J connectivity index is 1.37. The van der Waals surface area contributed by atoms with Crippen LogP contribution >= 0.6 is 0 Å². The minimum absolute atomic E-state index is 0.0939. The third-order valence-corrected chi connectivity index (χ3v) is 6.41. The molecule has 4 aromatic heterocycles. The summed E-state index contributed by atoms with van der Waals surface area (Å²) >= 11 is -1.99. The molecule has 0 amide bonds. The molecular weight excluding hydrogens is 442 g/mol. The maximum absolute atomic E-state index is 11.1. The molecule has 168 valence electrons. The Hall–Kier alpha value is -3.69. The molecule has 1 fully saturated rings. The van der Waals surface area contributed by atoms with Gasteiger partial charge in [-0.25, -0.2) is 24.1 Å². The van der Waals surface area contributed by atoms with Gasteiger partial charge in [0, 0.05) is 48.5 Å². The first kappa shape index (κ1) is 21.2. The van der Waals surface area contributed by atoms with E-state index in [1.807, 2.05) is 23.1 Å². The molecule has 0 spiro atoms. The number of nitriles is 1. The van der Waals surface area contributed by atoms with Gasteiger partial charge in [0.25, 0.3) is 0 Å². The smallest absolute Gasteiger partial charge is 0.160 e. The largest absolute Gasteiger partial charge is 0.356 e. The third kappa shape index (κ3) is 4.33. The van der Waals surface area contributed by atoms with Crippen LogP contribution in [0.3, 0.4) is 0 Å². The number of hydrogen-bond donors (Lipinski definition) is 2. The first-order valence-corrected chi connectivity index (χ1v) is 11.7. The van der Waals surface area contributed by atoms with Crippen molar-refractivity contribution < 1.29 is 8.76 Å². The van der Waals surface area contributed by atoms with Gasteiger partial charge in [0.15, 0.2) is 11.1 Å². The molecule has 1 aliphatic heterocycles. The summed E-state index contributed by atoms with van der Waals surface area (Å²) in [5, 5.41) is 15.0. The summed E-state index contributed by atoms with van der Waals surface area (Å²) in [6.45, 7) is 1.48. The van der Waals surface area contributed by atoms with Crippen LogP contribution in [-0.2, 0) is 16.8 Å². The van der Waals surface area contributed by atoms with E-state index in [1.165, 1.54) is 6.33 Å². The van der Waals surface area contributed by atoms with Crippen molar-refractivity contribution in [3.05, 3.63) is 49.1 Å². The zero-order valence-corrected chi connectivity index (χ0v) is 18.4. The predicted molar refractivity (Wildman–Crippen MR) is 121 cm³/mol. The fourth-order valence-corrected chi connectivity index (χ4v) is 4.73. The van der Waals surface area contributed by atoms with Crippen LogP contribution in [0.1, 0.15) is 24.7 Å². The van der Waals surface area contributed by atoms with Gasteiger partial charge < -0.3 is 14.4 Å². The number of hydrogen-bond acceptors (Lipinski definition) is 8. The number of H-pyrrole nitrogens is 1. The van der Waals surface area contributed by atoms with Crippen LogP contribution in [0, 0.1) is 17.2 Å². The lowest BCUT2D eigenvalue weighted by Gasteiger charge is -2.23. The number of fused-ring (bicyclic) bond motifs is 1. The molecule has 0 bridgehead atoms. The van der Waals surface area contributed by atoms with E-state index in [4.69, 9.17) is 4.55 Å². The van der Waals surface area contributed by atoms with Gasteiger partial charge in [0.05, 0.1) is 30.4 Å². The van der Waals surface area contributed by atoms with Crippen molar-refractivity contribution >= 4 is 27.9 Å². The summed E-state index contributed by atoms with van der Waals surface area (Å²) in [6, 6.07) is 5.95. The average Bonchev–Trinajstić information content (AvgIpc) is 3.58. The molecule has 1 aliphatic rings. The standard InChI is InChI=1S/C21H21N9O2S/c22-5-1-17(14-4-8-29(10-14)19-3-7-23-18(28-19)12-33(31)32)30-11-15(9-27-30)20-16-2-6-24-21(16)26-13-25-20/h2-3,6-7,9,11,13-14,17H,1,4,8,10,12H2,(H,31,32)(H,24,25,26). The minimum atomic E-state index is -1.99. The molecule has 1 saturated heterocycles. The van der Waals surface area contributed by atoms with Gasteiger partial charge in [-0.1, -0.05) is 0 Å². The number of aromatic nitrogens is 7. The predicted octanol–water partition coefficient (Wildman–Crippen LogP) is 2.31. The number of aromatic amines is 1. The highest BCUT2D eigenvalue weighted by atomic mass is 32.2. The normalized spacial score (nSPS) is 17.8. The van der Waals surface area contributed by atoms with Gasteiger partial charge in [-0.05, 0) is 18.6 Å². The Morgan fingerprint density at radius 3 is 3.09 bits per heavy atom. The highest BCUT2D eigenvalue weighted by molar-refractivity contribution is 7.78. The van der Waals surface area contributed by atoms with Crippen LogP contribution in [0.2, 0.25) is 0 Å². The van der Waals surface area contributed by atoms with E-state index in [-0.39, 0.29) is 17.7 Å².